The van der Waals surface area contributed by atoms with E-state index in [1.807, 2.05) is 0 Å². The molecule has 0 saturated carbocycles. The predicted octanol–water partition coefficient (Wildman–Crippen LogP) is 3.77. The summed E-state index contributed by atoms with van der Waals surface area (Å²) in [6, 6.07) is 5.86. The number of rotatable bonds is 6. The van der Waals surface area contributed by atoms with Gasteiger partial charge >= 0.3 is 6.18 Å². The Hall–Kier alpha value is -3.83. The van der Waals surface area contributed by atoms with Crippen molar-refractivity contribution >= 4 is 23.6 Å². The molecule has 172 valence electrons. The van der Waals surface area contributed by atoms with Gasteiger partial charge in [0.1, 0.15) is 29.6 Å². The monoisotopic (exact) mass is 461 g/mol. The fourth-order valence-electron chi connectivity index (χ4n) is 3.41. The van der Waals surface area contributed by atoms with Crippen molar-refractivity contribution in [1.82, 2.24) is 25.0 Å². The van der Waals surface area contributed by atoms with Gasteiger partial charge in [-0.2, -0.15) is 18.3 Å². The minimum Gasteiger partial charge on any atom is -0.361 e. The number of alkyl halides is 3. The Morgan fingerprint density at radius 2 is 1.97 bits per heavy atom. The topological polar surface area (TPSA) is 97.6 Å². The van der Waals surface area contributed by atoms with Crippen LogP contribution < -0.4 is 10.6 Å². The van der Waals surface area contributed by atoms with E-state index in [1.165, 1.54) is 29.0 Å². The number of nitrogens with zero attached hydrogens (tertiary/aromatic N) is 5. The number of fused-ring (bicyclic) bond motifs is 1. The third kappa shape index (κ3) is 4.15. The molecule has 8 nitrogen and oxygen atoms in total. The summed E-state index contributed by atoms with van der Waals surface area (Å²) in [6.45, 7) is 5.51. The Labute approximate surface area is 185 Å². The molecule has 0 bridgehead atoms. The summed E-state index contributed by atoms with van der Waals surface area (Å²) in [6.07, 6.45) is -3.20. The van der Waals surface area contributed by atoms with Gasteiger partial charge in [0.05, 0.1) is 12.0 Å². The van der Waals surface area contributed by atoms with Gasteiger partial charge in [0.15, 0.2) is 5.82 Å². The number of halogens is 4. The maximum Gasteiger partial charge on any atom is 0.405 e. The number of amides is 1. The molecule has 0 atom stereocenters. The minimum absolute atomic E-state index is 0.0241. The van der Waals surface area contributed by atoms with Crippen molar-refractivity contribution in [2.75, 3.05) is 17.2 Å². The van der Waals surface area contributed by atoms with Crippen LogP contribution in [-0.2, 0) is 16.8 Å². The summed E-state index contributed by atoms with van der Waals surface area (Å²) in [5.74, 6) is -0.702. The van der Waals surface area contributed by atoms with E-state index in [4.69, 9.17) is 0 Å². The molecule has 3 aromatic rings. The molecule has 4 rings (SSSR count). The van der Waals surface area contributed by atoms with Crippen molar-refractivity contribution in [3.05, 3.63) is 53.5 Å². The van der Waals surface area contributed by atoms with Crippen molar-refractivity contribution in [1.29, 1.82) is 0 Å². The Morgan fingerprint density at radius 3 is 2.64 bits per heavy atom. The van der Waals surface area contributed by atoms with Crippen LogP contribution in [0.25, 0.3) is 17.6 Å². The normalized spacial score (nSPS) is 14.7. The first-order chi connectivity index (χ1) is 15.5. The van der Waals surface area contributed by atoms with Gasteiger partial charge in [-0.1, -0.05) is 30.9 Å². The van der Waals surface area contributed by atoms with Crippen LogP contribution in [0.4, 0.5) is 29.2 Å². The average molecular weight is 461 g/mol. The minimum atomic E-state index is -4.51. The zero-order valence-corrected chi connectivity index (χ0v) is 17.7. The molecular formula is C21H19F4N7O. The summed E-state index contributed by atoms with van der Waals surface area (Å²) in [5, 5.41) is 17.4. The number of aromatic nitrogens is 5. The van der Waals surface area contributed by atoms with Crippen molar-refractivity contribution in [2.24, 2.45) is 0 Å². The number of hydrogen-bond acceptors (Lipinski definition) is 6. The molecule has 2 N–H and O–H groups in total. The third-order valence-corrected chi connectivity index (χ3v) is 5.22. The molecule has 1 aliphatic heterocycles. The Bertz CT molecular complexity index is 1250. The first kappa shape index (κ1) is 22.4. The fourth-order valence-corrected chi connectivity index (χ4v) is 3.41. The molecule has 1 amide bonds. The van der Waals surface area contributed by atoms with Gasteiger partial charge in [-0.15, -0.1) is 10.2 Å². The molecule has 2 aromatic heterocycles. The number of benzene rings is 1. The highest BCUT2D eigenvalue weighted by Crippen LogP contribution is 2.36. The Kier molecular flexibility index (Phi) is 5.38. The largest absolute Gasteiger partial charge is 0.405 e. The lowest BCUT2D eigenvalue weighted by molar-refractivity contribution is -0.120. The summed E-state index contributed by atoms with van der Waals surface area (Å²) < 4.78 is 54.2. The number of nitrogens with one attached hydrogen (secondary N) is 2. The molecular weight excluding hydrogens is 442 g/mol. The van der Waals surface area contributed by atoms with E-state index < -0.39 is 24.0 Å². The van der Waals surface area contributed by atoms with E-state index in [2.05, 4.69) is 37.5 Å². The Balaban J connectivity index is 1.81. The van der Waals surface area contributed by atoms with E-state index in [0.717, 1.165) is 0 Å². The first-order valence-electron chi connectivity index (χ1n) is 9.85. The van der Waals surface area contributed by atoms with Crippen LogP contribution in [0.3, 0.4) is 0 Å². The lowest BCUT2D eigenvalue weighted by Gasteiger charge is -2.13. The lowest BCUT2D eigenvalue weighted by atomic mass is 9.91. The number of anilines is 2. The molecule has 0 unspecified atom stereocenters. The van der Waals surface area contributed by atoms with E-state index in [0.29, 0.717) is 5.69 Å². The van der Waals surface area contributed by atoms with Crippen LogP contribution in [0.2, 0.25) is 0 Å². The Morgan fingerprint density at radius 1 is 1.24 bits per heavy atom. The van der Waals surface area contributed by atoms with Crippen molar-refractivity contribution in [3.8, 4) is 11.5 Å². The zero-order chi connectivity index (χ0) is 24.0. The smallest absolute Gasteiger partial charge is 0.361 e. The van der Waals surface area contributed by atoms with Gasteiger partial charge in [-0.3, -0.25) is 4.79 Å². The van der Waals surface area contributed by atoms with E-state index in [-0.39, 0.29) is 46.7 Å². The maximum atomic E-state index is 14.2. The van der Waals surface area contributed by atoms with Crippen LogP contribution >= 0.6 is 0 Å². The van der Waals surface area contributed by atoms with E-state index in [9.17, 15) is 22.4 Å². The van der Waals surface area contributed by atoms with Gasteiger partial charge < -0.3 is 10.6 Å². The SMILES string of the molecule is C=Cc1c(-c2nnc3c(n2)NC(=O)C3(C)C)nn(Cc2ccccc2F)c1NCC(F)(F)F. The van der Waals surface area contributed by atoms with Crippen LogP contribution in [0, 0.1) is 5.82 Å². The summed E-state index contributed by atoms with van der Waals surface area (Å²) in [5.41, 5.74) is -0.100. The van der Waals surface area contributed by atoms with E-state index in [1.54, 1.807) is 19.9 Å². The molecule has 1 aromatic carbocycles. The highest BCUT2D eigenvalue weighted by Gasteiger charge is 2.42. The summed E-state index contributed by atoms with van der Waals surface area (Å²) in [7, 11) is 0. The van der Waals surface area contributed by atoms with Gasteiger partial charge in [0.2, 0.25) is 11.7 Å². The number of carbonyl (C=O) groups is 1. The molecule has 0 spiro atoms. The van der Waals surface area contributed by atoms with Crippen LogP contribution in [0.5, 0.6) is 0 Å². The van der Waals surface area contributed by atoms with Gasteiger partial charge in [0.25, 0.3) is 0 Å². The summed E-state index contributed by atoms with van der Waals surface area (Å²) >= 11 is 0. The molecule has 1 aliphatic rings. The van der Waals surface area contributed by atoms with Gasteiger partial charge in [-0.25, -0.2) is 14.1 Å². The molecule has 0 saturated heterocycles. The third-order valence-electron chi connectivity index (χ3n) is 5.22. The fraction of sp³-hybridized carbons (Fsp3) is 0.286. The molecule has 0 radical (unpaired) electrons. The highest BCUT2D eigenvalue weighted by atomic mass is 19.4. The molecule has 0 aliphatic carbocycles. The standard InChI is InChI=1S/C21H19F4N7O/c1-4-12-14(16-27-17-15(29-30-16)20(2,3)19(33)28-17)31-32(18(12)26-10-21(23,24)25)9-11-7-5-6-8-13(11)22/h4-8,26H,1,9-10H2,2-3H3,(H,27,28,30,33). The second-order valence-corrected chi connectivity index (χ2v) is 7.94. The molecule has 33 heavy (non-hydrogen) atoms. The maximum absolute atomic E-state index is 14.2. The van der Waals surface area contributed by atoms with E-state index >= 15 is 0 Å². The highest BCUT2D eigenvalue weighted by molar-refractivity contribution is 6.04. The average Bonchev–Trinajstić information content (AvgIpc) is 3.21. The van der Waals surface area contributed by atoms with Crippen LogP contribution in [-0.4, -0.2) is 43.6 Å². The van der Waals surface area contributed by atoms with Crippen molar-refractivity contribution in [3.63, 3.8) is 0 Å². The lowest BCUT2D eigenvalue weighted by Crippen LogP contribution is -2.27. The molecule has 0 fully saturated rings. The van der Waals surface area contributed by atoms with Crippen LogP contribution in [0.15, 0.2) is 30.8 Å². The molecule has 12 heteroatoms. The van der Waals surface area contributed by atoms with Gasteiger partial charge in [-0.05, 0) is 19.9 Å². The number of hydrogen-bond donors (Lipinski definition) is 2. The van der Waals surface area contributed by atoms with Crippen molar-refractivity contribution < 1.29 is 22.4 Å². The second-order valence-electron chi connectivity index (χ2n) is 7.94. The van der Waals surface area contributed by atoms with Gasteiger partial charge in [0, 0.05) is 11.1 Å². The van der Waals surface area contributed by atoms with Crippen LogP contribution in [0.1, 0.15) is 30.7 Å². The van der Waals surface area contributed by atoms with Crippen molar-refractivity contribution in [2.45, 2.75) is 32.0 Å². The molecule has 3 heterocycles. The second kappa shape index (κ2) is 7.94. The summed E-state index contributed by atoms with van der Waals surface area (Å²) in [4.78, 5) is 16.5. The quantitative estimate of drug-likeness (QED) is 0.543. The zero-order valence-electron chi connectivity index (χ0n) is 17.7. The number of carbonyl (C=O) groups excluding carboxylic acids is 1. The first-order valence-corrected chi connectivity index (χ1v) is 9.85. The predicted molar refractivity (Wildman–Crippen MR) is 113 cm³/mol.